The molecular formula is C14H15N5O3S3. The lowest BCUT2D eigenvalue weighted by Crippen LogP contribution is -2.30. The number of amides is 1. The molecule has 8 nitrogen and oxygen atoms in total. The smallest absolute Gasteiger partial charge is 0.251 e. The van der Waals surface area contributed by atoms with Gasteiger partial charge in [0.2, 0.25) is 5.91 Å². The molecule has 0 spiro atoms. The summed E-state index contributed by atoms with van der Waals surface area (Å²) in [5.41, 5.74) is 0. The van der Waals surface area contributed by atoms with Gasteiger partial charge in [-0.15, -0.1) is 11.3 Å². The van der Waals surface area contributed by atoms with Gasteiger partial charge in [0.05, 0.1) is 12.2 Å². The molecule has 2 N–H and O–H groups in total. The summed E-state index contributed by atoms with van der Waals surface area (Å²) in [6.07, 6.45) is 4.67. The molecule has 25 heavy (non-hydrogen) atoms. The Labute approximate surface area is 152 Å². The number of thiophene rings is 1. The van der Waals surface area contributed by atoms with Gasteiger partial charge in [-0.05, 0) is 17.5 Å². The molecule has 0 bridgehead atoms. The first-order valence-corrected chi connectivity index (χ1v) is 10.4. The van der Waals surface area contributed by atoms with Gasteiger partial charge in [-0.1, -0.05) is 17.4 Å². The third kappa shape index (κ3) is 4.31. The van der Waals surface area contributed by atoms with E-state index in [1.807, 2.05) is 17.5 Å². The molecule has 0 aliphatic carbocycles. The van der Waals surface area contributed by atoms with Crippen molar-refractivity contribution in [2.75, 3.05) is 11.9 Å². The van der Waals surface area contributed by atoms with Gasteiger partial charge < -0.3 is 5.32 Å². The Hall–Kier alpha value is -2.08. The lowest BCUT2D eigenvalue weighted by atomic mass is 10.2. The summed E-state index contributed by atoms with van der Waals surface area (Å²) in [7, 11) is -3.73. The van der Waals surface area contributed by atoms with Crippen LogP contribution in [0.5, 0.6) is 0 Å². The van der Waals surface area contributed by atoms with E-state index >= 15 is 0 Å². The van der Waals surface area contributed by atoms with Crippen molar-refractivity contribution in [1.82, 2.24) is 19.5 Å². The van der Waals surface area contributed by atoms with E-state index in [2.05, 4.69) is 20.1 Å². The summed E-state index contributed by atoms with van der Waals surface area (Å²) >= 11 is 2.44. The number of hydrogen-bond acceptors (Lipinski definition) is 7. The van der Waals surface area contributed by atoms with Gasteiger partial charge >= 0.3 is 0 Å². The monoisotopic (exact) mass is 397 g/mol. The fourth-order valence-corrected chi connectivity index (χ4v) is 5.10. The first kappa shape index (κ1) is 17.7. The molecule has 0 saturated heterocycles. The highest BCUT2D eigenvalue weighted by molar-refractivity contribution is 7.91. The third-order valence-electron chi connectivity index (χ3n) is 3.21. The van der Waals surface area contributed by atoms with Crippen LogP contribution in [0, 0.1) is 0 Å². The van der Waals surface area contributed by atoms with E-state index < -0.39 is 10.0 Å². The molecule has 0 aliphatic rings. The number of carbonyl (C=O) groups excluding carboxylic acids is 1. The molecule has 3 aromatic heterocycles. The van der Waals surface area contributed by atoms with Gasteiger partial charge in [-0.25, -0.2) is 18.1 Å². The molecule has 0 radical (unpaired) electrons. The van der Waals surface area contributed by atoms with Gasteiger partial charge in [-0.2, -0.15) is 5.10 Å². The van der Waals surface area contributed by atoms with E-state index in [-0.39, 0.29) is 27.8 Å². The Balaban J connectivity index is 1.76. The second kappa shape index (κ2) is 7.44. The van der Waals surface area contributed by atoms with E-state index in [0.717, 1.165) is 16.2 Å². The number of nitrogens with zero attached hydrogens (tertiary/aromatic N) is 3. The first-order valence-electron chi connectivity index (χ1n) is 7.21. The SMILES string of the molecule is CC(=O)Nc1ncc(S(=O)(=O)NCC(c2cccs2)n2cccn2)s1. The quantitative estimate of drug-likeness (QED) is 0.634. The maximum Gasteiger partial charge on any atom is 0.251 e. The number of sulfonamides is 1. The summed E-state index contributed by atoms with van der Waals surface area (Å²) in [5.74, 6) is -0.303. The zero-order valence-corrected chi connectivity index (χ0v) is 15.6. The Morgan fingerprint density at radius 1 is 1.40 bits per heavy atom. The highest BCUT2D eigenvalue weighted by atomic mass is 32.2. The molecule has 1 amide bonds. The van der Waals surface area contributed by atoms with Crippen molar-refractivity contribution in [2.45, 2.75) is 17.2 Å². The van der Waals surface area contributed by atoms with E-state index in [1.54, 1.807) is 23.1 Å². The van der Waals surface area contributed by atoms with Gasteiger partial charge in [0.15, 0.2) is 9.34 Å². The molecule has 0 aliphatic heterocycles. The molecule has 3 rings (SSSR count). The Kier molecular flexibility index (Phi) is 5.27. The Morgan fingerprint density at radius 2 is 2.24 bits per heavy atom. The highest BCUT2D eigenvalue weighted by Gasteiger charge is 2.22. The summed E-state index contributed by atoms with van der Waals surface area (Å²) in [6.45, 7) is 1.49. The van der Waals surface area contributed by atoms with Crippen LogP contribution in [-0.4, -0.2) is 35.6 Å². The molecule has 0 aromatic carbocycles. The van der Waals surface area contributed by atoms with Crippen molar-refractivity contribution in [2.24, 2.45) is 0 Å². The minimum absolute atomic E-state index is 0.0432. The van der Waals surface area contributed by atoms with Crippen LogP contribution in [0.4, 0.5) is 5.13 Å². The largest absolute Gasteiger partial charge is 0.302 e. The molecule has 1 atom stereocenters. The Bertz CT molecular complexity index is 898. The first-order chi connectivity index (χ1) is 12.0. The topological polar surface area (TPSA) is 106 Å². The highest BCUT2D eigenvalue weighted by Crippen LogP contribution is 2.25. The number of rotatable bonds is 7. The average molecular weight is 398 g/mol. The van der Waals surface area contributed by atoms with E-state index in [9.17, 15) is 13.2 Å². The van der Waals surface area contributed by atoms with Crippen LogP contribution < -0.4 is 10.0 Å². The number of nitrogens with one attached hydrogen (secondary N) is 2. The molecule has 3 heterocycles. The standard InChI is InChI=1S/C14H15N5O3S3/c1-10(20)18-14-15-9-13(24-14)25(21,22)17-8-11(12-4-2-7-23-12)19-6-3-5-16-19/h2-7,9,11,17H,8H2,1H3,(H,15,18,20). The van der Waals surface area contributed by atoms with Gasteiger partial charge in [0.1, 0.15) is 0 Å². The molecule has 132 valence electrons. The third-order valence-corrected chi connectivity index (χ3v) is 6.99. The molecule has 0 fully saturated rings. The zero-order chi connectivity index (χ0) is 17.9. The molecule has 3 aromatic rings. The summed E-state index contributed by atoms with van der Waals surface area (Å²) < 4.78 is 29.3. The van der Waals surface area contributed by atoms with Crippen molar-refractivity contribution in [3.8, 4) is 0 Å². The number of anilines is 1. The van der Waals surface area contributed by atoms with Crippen molar-refractivity contribution in [3.05, 3.63) is 47.0 Å². The number of hydrogen-bond donors (Lipinski definition) is 2. The minimum Gasteiger partial charge on any atom is -0.302 e. The number of carbonyl (C=O) groups is 1. The fourth-order valence-electron chi connectivity index (χ4n) is 2.12. The number of thiazole rings is 1. The van der Waals surface area contributed by atoms with Crippen LogP contribution in [0.1, 0.15) is 17.8 Å². The molecule has 1 unspecified atom stereocenters. The van der Waals surface area contributed by atoms with E-state index in [0.29, 0.717) is 0 Å². The zero-order valence-electron chi connectivity index (χ0n) is 13.1. The average Bonchev–Trinajstić information content (AvgIpc) is 3.29. The lowest BCUT2D eigenvalue weighted by Gasteiger charge is -2.16. The summed E-state index contributed by atoms with van der Waals surface area (Å²) in [6, 6.07) is 5.39. The maximum absolute atomic E-state index is 12.5. The van der Waals surface area contributed by atoms with Crippen LogP contribution in [-0.2, 0) is 14.8 Å². The minimum atomic E-state index is -3.73. The van der Waals surface area contributed by atoms with Gasteiger partial charge in [0.25, 0.3) is 10.0 Å². The number of aromatic nitrogens is 3. The fraction of sp³-hybridized carbons (Fsp3) is 0.214. The van der Waals surface area contributed by atoms with Crippen LogP contribution in [0.15, 0.2) is 46.4 Å². The van der Waals surface area contributed by atoms with Crippen molar-refractivity contribution in [1.29, 1.82) is 0 Å². The molecule has 0 saturated carbocycles. The van der Waals surface area contributed by atoms with E-state index in [1.165, 1.54) is 24.5 Å². The van der Waals surface area contributed by atoms with Crippen molar-refractivity contribution < 1.29 is 13.2 Å². The maximum atomic E-state index is 12.5. The van der Waals surface area contributed by atoms with Crippen molar-refractivity contribution >= 4 is 43.7 Å². The van der Waals surface area contributed by atoms with Crippen LogP contribution in [0.2, 0.25) is 0 Å². The predicted molar refractivity (Wildman–Crippen MR) is 96.3 cm³/mol. The second-order valence-electron chi connectivity index (χ2n) is 5.03. The van der Waals surface area contributed by atoms with Gasteiger partial charge in [-0.3, -0.25) is 9.48 Å². The summed E-state index contributed by atoms with van der Waals surface area (Å²) in [5, 5.41) is 8.86. The van der Waals surface area contributed by atoms with Crippen LogP contribution >= 0.6 is 22.7 Å². The normalized spacial score (nSPS) is 12.8. The second-order valence-corrected chi connectivity index (χ2v) is 9.04. The van der Waals surface area contributed by atoms with Crippen molar-refractivity contribution in [3.63, 3.8) is 0 Å². The van der Waals surface area contributed by atoms with Crippen LogP contribution in [0.3, 0.4) is 0 Å². The summed E-state index contributed by atoms with van der Waals surface area (Å²) in [4.78, 5) is 15.9. The van der Waals surface area contributed by atoms with E-state index in [4.69, 9.17) is 0 Å². The van der Waals surface area contributed by atoms with Gasteiger partial charge in [0, 0.05) is 30.7 Å². The molecular weight excluding hydrogens is 382 g/mol. The molecule has 11 heteroatoms. The predicted octanol–water partition coefficient (Wildman–Crippen LogP) is 1.93. The van der Waals surface area contributed by atoms with Crippen LogP contribution in [0.25, 0.3) is 0 Å². The lowest BCUT2D eigenvalue weighted by molar-refractivity contribution is -0.114. The Morgan fingerprint density at radius 3 is 2.88 bits per heavy atom.